The summed E-state index contributed by atoms with van der Waals surface area (Å²) < 4.78 is 5.92. The third-order valence-electron chi connectivity index (χ3n) is 5.43. The Morgan fingerprint density at radius 2 is 1.58 bits per heavy atom. The summed E-state index contributed by atoms with van der Waals surface area (Å²) in [5.41, 5.74) is 4.19. The molecule has 4 nitrogen and oxygen atoms in total. The fourth-order valence-electron chi connectivity index (χ4n) is 3.76. The molecule has 170 valence electrons. The number of para-hydroxylation sites is 1. The number of benzene rings is 3. The van der Waals surface area contributed by atoms with Crippen molar-refractivity contribution < 1.29 is 14.6 Å². The molecule has 0 spiro atoms. The number of fused-ring (bicyclic) bond motifs is 1. The molecule has 4 rings (SSSR count). The first kappa shape index (κ1) is 24.0. The summed E-state index contributed by atoms with van der Waals surface area (Å²) >= 11 is 0. The van der Waals surface area contributed by atoms with Gasteiger partial charge in [-0.1, -0.05) is 80.6 Å². The maximum atomic E-state index is 11.1. The second kappa shape index (κ2) is 12.4. The van der Waals surface area contributed by atoms with E-state index in [9.17, 15) is 4.79 Å². The lowest BCUT2D eigenvalue weighted by Crippen LogP contribution is -2.06. The lowest BCUT2D eigenvalue weighted by atomic mass is 9.88. The van der Waals surface area contributed by atoms with Crippen LogP contribution in [0.15, 0.2) is 91.0 Å². The Morgan fingerprint density at radius 1 is 0.879 bits per heavy atom. The highest BCUT2D eigenvalue weighted by Gasteiger charge is 2.14. The molecular formula is C29H31NO3. The summed E-state index contributed by atoms with van der Waals surface area (Å²) in [5, 5.41) is 10.2. The first-order valence-electron chi connectivity index (χ1n) is 11.5. The van der Waals surface area contributed by atoms with Crippen LogP contribution in [0.1, 0.15) is 49.4 Å². The number of hydrogen-bond donors (Lipinski definition) is 1. The molecule has 0 radical (unpaired) electrons. The molecule has 1 N–H and O–H groups in total. The van der Waals surface area contributed by atoms with E-state index >= 15 is 0 Å². The van der Waals surface area contributed by atoms with E-state index in [0.29, 0.717) is 13.0 Å². The van der Waals surface area contributed by atoms with E-state index in [1.54, 1.807) is 0 Å². The summed E-state index contributed by atoms with van der Waals surface area (Å²) in [5.74, 6) is 0.207. The molecule has 0 amide bonds. The van der Waals surface area contributed by atoms with Gasteiger partial charge in [0.1, 0.15) is 12.4 Å². The Bertz CT molecular complexity index is 1140. The van der Waals surface area contributed by atoms with Crippen molar-refractivity contribution in [3.8, 4) is 5.75 Å². The molecule has 1 heterocycles. The van der Waals surface area contributed by atoms with Gasteiger partial charge in [-0.25, -0.2) is 4.98 Å². The van der Waals surface area contributed by atoms with E-state index in [-0.39, 0.29) is 12.3 Å². The molecule has 0 saturated heterocycles. The molecule has 1 atom stereocenters. The molecule has 0 aliphatic heterocycles. The van der Waals surface area contributed by atoms with Gasteiger partial charge in [-0.2, -0.15) is 0 Å². The summed E-state index contributed by atoms with van der Waals surface area (Å²) in [6.07, 6.45) is 1.58. The van der Waals surface area contributed by atoms with E-state index in [0.717, 1.165) is 34.3 Å². The topological polar surface area (TPSA) is 59.4 Å². The van der Waals surface area contributed by atoms with Crippen LogP contribution in [0.2, 0.25) is 0 Å². The van der Waals surface area contributed by atoms with Crippen LogP contribution < -0.4 is 4.74 Å². The van der Waals surface area contributed by atoms with Crippen molar-refractivity contribution in [1.82, 2.24) is 4.98 Å². The Kier molecular flexibility index (Phi) is 9.01. The Labute approximate surface area is 195 Å². The lowest BCUT2D eigenvalue weighted by Gasteiger charge is -2.17. The van der Waals surface area contributed by atoms with Crippen LogP contribution in [0.3, 0.4) is 0 Å². The van der Waals surface area contributed by atoms with Crippen molar-refractivity contribution in [1.29, 1.82) is 0 Å². The monoisotopic (exact) mass is 441 g/mol. The van der Waals surface area contributed by atoms with Crippen LogP contribution in [0, 0.1) is 0 Å². The average molecular weight is 442 g/mol. The number of pyridine rings is 1. The molecule has 1 aromatic heterocycles. The highest BCUT2D eigenvalue weighted by Crippen LogP contribution is 2.27. The van der Waals surface area contributed by atoms with Gasteiger partial charge in [-0.05, 0) is 54.2 Å². The second-order valence-corrected chi connectivity index (χ2v) is 7.67. The molecular weight excluding hydrogens is 410 g/mol. The van der Waals surface area contributed by atoms with Crippen molar-refractivity contribution >= 4 is 16.9 Å². The van der Waals surface area contributed by atoms with Crippen LogP contribution in [0.25, 0.3) is 10.9 Å². The van der Waals surface area contributed by atoms with Gasteiger partial charge in [0.15, 0.2) is 0 Å². The average Bonchev–Trinajstić information content (AvgIpc) is 2.87. The third kappa shape index (κ3) is 7.18. The van der Waals surface area contributed by atoms with Crippen LogP contribution in [-0.2, 0) is 17.8 Å². The van der Waals surface area contributed by atoms with Gasteiger partial charge in [0.2, 0.25) is 0 Å². The number of rotatable bonds is 9. The van der Waals surface area contributed by atoms with Crippen LogP contribution in [-0.4, -0.2) is 16.1 Å². The van der Waals surface area contributed by atoms with Gasteiger partial charge in [0.25, 0.3) is 0 Å². The number of carboxylic acids is 1. The first-order chi connectivity index (χ1) is 16.2. The zero-order valence-electron chi connectivity index (χ0n) is 19.3. The number of nitrogens with zero attached hydrogens (tertiary/aromatic N) is 1. The minimum atomic E-state index is -0.757. The smallest absolute Gasteiger partial charge is 0.303 e. The second-order valence-electron chi connectivity index (χ2n) is 7.67. The molecule has 33 heavy (non-hydrogen) atoms. The molecule has 0 bridgehead atoms. The van der Waals surface area contributed by atoms with Crippen molar-refractivity contribution in [2.75, 3.05) is 0 Å². The van der Waals surface area contributed by atoms with Gasteiger partial charge in [0.05, 0.1) is 11.2 Å². The standard InChI is InChI=1S/C27H25NO3.C2H6/c29-27(30)17-13-23(21-6-2-1-3-7-21)18-20-10-15-25(16-11-20)31-19-24-14-12-22-8-4-5-9-26(22)28-24;1-2/h1-12,14-16,23H,13,17-19H2,(H,29,30);1-2H3. The quantitative estimate of drug-likeness (QED) is 0.303. The van der Waals surface area contributed by atoms with Crippen LogP contribution in [0.4, 0.5) is 0 Å². The summed E-state index contributed by atoms with van der Waals surface area (Å²) in [6, 6.07) is 30.3. The number of aromatic nitrogens is 1. The number of aliphatic carboxylic acids is 1. The lowest BCUT2D eigenvalue weighted by molar-refractivity contribution is -0.137. The van der Waals surface area contributed by atoms with Crippen LogP contribution >= 0.6 is 0 Å². The SMILES string of the molecule is CC.O=C(O)CCC(Cc1ccc(OCc2ccc3ccccc3n2)cc1)c1ccccc1. The summed E-state index contributed by atoms with van der Waals surface area (Å²) in [6.45, 7) is 4.41. The Morgan fingerprint density at radius 3 is 2.30 bits per heavy atom. The maximum Gasteiger partial charge on any atom is 0.303 e. The van der Waals surface area contributed by atoms with Crippen molar-refractivity contribution in [2.45, 2.75) is 45.6 Å². The Balaban J connectivity index is 0.00000149. The maximum absolute atomic E-state index is 11.1. The zero-order valence-corrected chi connectivity index (χ0v) is 19.3. The molecule has 0 saturated carbocycles. The van der Waals surface area contributed by atoms with E-state index in [1.807, 2.05) is 74.5 Å². The van der Waals surface area contributed by atoms with E-state index < -0.39 is 5.97 Å². The van der Waals surface area contributed by atoms with Gasteiger partial charge < -0.3 is 9.84 Å². The molecule has 0 aliphatic rings. The Hall–Kier alpha value is -3.66. The summed E-state index contributed by atoms with van der Waals surface area (Å²) in [7, 11) is 0. The van der Waals surface area contributed by atoms with Crippen molar-refractivity contribution in [2.24, 2.45) is 0 Å². The van der Waals surface area contributed by atoms with E-state index in [4.69, 9.17) is 9.84 Å². The molecule has 4 heteroatoms. The minimum Gasteiger partial charge on any atom is -0.487 e. The van der Waals surface area contributed by atoms with Crippen LogP contribution in [0.5, 0.6) is 5.75 Å². The van der Waals surface area contributed by atoms with Gasteiger partial charge in [-0.15, -0.1) is 0 Å². The highest BCUT2D eigenvalue weighted by molar-refractivity contribution is 5.78. The minimum absolute atomic E-state index is 0.166. The largest absolute Gasteiger partial charge is 0.487 e. The molecule has 4 aromatic rings. The van der Waals surface area contributed by atoms with Gasteiger partial charge >= 0.3 is 5.97 Å². The predicted octanol–water partition coefficient (Wildman–Crippen LogP) is 7.03. The zero-order chi connectivity index (χ0) is 23.5. The van der Waals surface area contributed by atoms with E-state index in [2.05, 4.69) is 35.3 Å². The number of carbonyl (C=O) groups is 1. The highest BCUT2D eigenvalue weighted by atomic mass is 16.5. The number of hydrogen-bond acceptors (Lipinski definition) is 3. The van der Waals surface area contributed by atoms with Crippen molar-refractivity contribution in [3.05, 3.63) is 108 Å². The molecule has 1 unspecified atom stereocenters. The molecule has 3 aromatic carbocycles. The normalized spacial score (nSPS) is 11.3. The number of ether oxygens (including phenoxy) is 1. The molecule has 0 fully saturated rings. The van der Waals surface area contributed by atoms with Gasteiger partial charge in [0, 0.05) is 11.8 Å². The van der Waals surface area contributed by atoms with Gasteiger partial charge in [-0.3, -0.25) is 4.79 Å². The fraction of sp³-hybridized carbons (Fsp3) is 0.241. The summed E-state index contributed by atoms with van der Waals surface area (Å²) in [4.78, 5) is 15.7. The first-order valence-corrected chi connectivity index (χ1v) is 11.5. The number of carboxylic acid groups (broad SMARTS) is 1. The van der Waals surface area contributed by atoms with Crippen molar-refractivity contribution in [3.63, 3.8) is 0 Å². The predicted molar refractivity (Wildman–Crippen MR) is 134 cm³/mol. The fourth-order valence-corrected chi connectivity index (χ4v) is 3.76. The van der Waals surface area contributed by atoms with E-state index in [1.165, 1.54) is 5.56 Å². The molecule has 0 aliphatic carbocycles. The third-order valence-corrected chi connectivity index (χ3v) is 5.43.